The molecule has 17 heavy (non-hydrogen) atoms. The van der Waals surface area contributed by atoms with Crippen LogP contribution in [0.3, 0.4) is 0 Å². The van der Waals surface area contributed by atoms with E-state index in [9.17, 15) is 5.11 Å². The van der Waals surface area contributed by atoms with Gasteiger partial charge in [0, 0.05) is 12.8 Å². The third-order valence-electron chi connectivity index (χ3n) is 2.40. The molecule has 0 radical (unpaired) electrons. The molecule has 0 saturated heterocycles. The van der Waals surface area contributed by atoms with E-state index in [-0.39, 0.29) is 5.75 Å². The average molecular weight is 232 g/mol. The molecule has 0 aliphatic carbocycles. The van der Waals surface area contributed by atoms with Crippen LogP contribution in [-0.4, -0.2) is 11.7 Å². The molecule has 0 aromatic heterocycles. The van der Waals surface area contributed by atoms with E-state index in [2.05, 4.69) is 18.8 Å². The molecule has 0 spiro atoms. The zero-order chi connectivity index (χ0) is 12.5. The Hall–Kier alpha value is -1.62. The third kappa shape index (κ3) is 4.40. The van der Waals surface area contributed by atoms with Gasteiger partial charge in [0.2, 0.25) is 0 Å². The monoisotopic (exact) mass is 232 g/mol. The summed E-state index contributed by atoms with van der Waals surface area (Å²) in [5, 5.41) is 9.95. The molecule has 1 aromatic carbocycles. The molecule has 0 unspecified atom stereocenters. The standard InChI is InChI=1S/C15H20O2/c1-3-5-6-7-8-10-13-11-9-12-14(15(13)16)17-4-2/h9,11-12,16H,3-5,8,10H2,1-2H3. The van der Waals surface area contributed by atoms with E-state index < -0.39 is 0 Å². The number of ether oxygens (including phenoxy) is 1. The average Bonchev–Trinajstić information content (AvgIpc) is 2.33. The second kappa shape index (κ2) is 7.62. The lowest BCUT2D eigenvalue weighted by molar-refractivity contribution is 0.316. The highest BCUT2D eigenvalue weighted by molar-refractivity contribution is 5.45. The van der Waals surface area contributed by atoms with E-state index in [4.69, 9.17) is 4.74 Å². The van der Waals surface area contributed by atoms with Crippen molar-refractivity contribution in [1.82, 2.24) is 0 Å². The molecule has 92 valence electrons. The predicted octanol–water partition coefficient (Wildman–Crippen LogP) is 3.53. The van der Waals surface area contributed by atoms with Gasteiger partial charge in [0.25, 0.3) is 0 Å². The van der Waals surface area contributed by atoms with E-state index >= 15 is 0 Å². The van der Waals surface area contributed by atoms with Crippen LogP contribution in [0.5, 0.6) is 11.5 Å². The molecule has 1 rings (SSSR count). The van der Waals surface area contributed by atoms with Crippen LogP contribution >= 0.6 is 0 Å². The Balaban J connectivity index is 2.60. The van der Waals surface area contributed by atoms with Crippen molar-refractivity contribution in [3.05, 3.63) is 23.8 Å². The molecule has 0 aliphatic heterocycles. The number of rotatable bonds is 5. The summed E-state index contributed by atoms with van der Waals surface area (Å²) in [5.41, 5.74) is 0.904. The lowest BCUT2D eigenvalue weighted by atomic mass is 10.1. The molecular weight excluding hydrogens is 212 g/mol. The summed E-state index contributed by atoms with van der Waals surface area (Å²) in [6, 6.07) is 5.60. The van der Waals surface area contributed by atoms with Crippen molar-refractivity contribution >= 4 is 0 Å². The molecule has 0 aliphatic rings. The highest BCUT2D eigenvalue weighted by Gasteiger charge is 2.06. The first-order valence-electron chi connectivity index (χ1n) is 6.19. The number of para-hydroxylation sites is 1. The molecule has 0 fully saturated rings. The normalized spacial score (nSPS) is 9.53. The highest BCUT2D eigenvalue weighted by Crippen LogP contribution is 2.30. The van der Waals surface area contributed by atoms with Gasteiger partial charge in [0.1, 0.15) is 0 Å². The topological polar surface area (TPSA) is 29.5 Å². The first-order chi connectivity index (χ1) is 8.29. The van der Waals surface area contributed by atoms with Crippen LogP contribution in [0.1, 0.15) is 38.7 Å². The van der Waals surface area contributed by atoms with E-state index in [1.54, 1.807) is 6.07 Å². The van der Waals surface area contributed by atoms with Crippen LogP contribution in [0.4, 0.5) is 0 Å². The van der Waals surface area contributed by atoms with Crippen molar-refractivity contribution in [2.24, 2.45) is 0 Å². The van der Waals surface area contributed by atoms with Crippen molar-refractivity contribution in [2.75, 3.05) is 6.61 Å². The SMILES string of the molecule is CCCC#CCCc1cccc(OCC)c1O. The fourth-order valence-electron chi connectivity index (χ4n) is 1.54. The molecule has 1 N–H and O–H groups in total. The van der Waals surface area contributed by atoms with Gasteiger partial charge >= 0.3 is 0 Å². The Morgan fingerprint density at radius 1 is 1.18 bits per heavy atom. The maximum atomic E-state index is 9.95. The number of hydrogen-bond acceptors (Lipinski definition) is 2. The summed E-state index contributed by atoms with van der Waals surface area (Å²) >= 11 is 0. The van der Waals surface area contributed by atoms with Crippen LogP contribution in [-0.2, 0) is 6.42 Å². The van der Waals surface area contributed by atoms with Gasteiger partial charge in [0.15, 0.2) is 11.5 Å². The Morgan fingerprint density at radius 3 is 2.65 bits per heavy atom. The van der Waals surface area contributed by atoms with E-state index in [1.807, 2.05) is 19.1 Å². The molecule has 0 bridgehead atoms. The van der Waals surface area contributed by atoms with Crippen molar-refractivity contribution in [3.63, 3.8) is 0 Å². The Bertz CT molecular complexity index is 399. The van der Waals surface area contributed by atoms with Crippen LogP contribution in [0.15, 0.2) is 18.2 Å². The minimum absolute atomic E-state index is 0.256. The summed E-state index contributed by atoms with van der Waals surface area (Å²) in [5.74, 6) is 7.03. The maximum Gasteiger partial charge on any atom is 0.161 e. The van der Waals surface area contributed by atoms with Gasteiger partial charge in [-0.1, -0.05) is 19.1 Å². The zero-order valence-electron chi connectivity index (χ0n) is 10.6. The molecule has 0 amide bonds. The van der Waals surface area contributed by atoms with Crippen molar-refractivity contribution < 1.29 is 9.84 Å². The number of unbranched alkanes of at least 4 members (excludes halogenated alkanes) is 1. The number of aromatic hydroxyl groups is 1. The summed E-state index contributed by atoms with van der Waals surface area (Å²) in [6.45, 7) is 4.59. The second-order valence-electron chi connectivity index (χ2n) is 3.80. The third-order valence-corrected chi connectivity index (χ3v) is 2.40. The molecule has 0 atom stereocenters. The summed E-state index contributed by atoms with van der Waals surface area (Å²) in [7, 11) is 0. The number of hydrogen-bond donors (Lipinski definition) is 1. The minimum atomic E-state index is 0.256. The number of phenols is 1. The first kappa shape index (κ1) is 13.4. The van der Waals surface area contributed by atoms with Gasteiger partial charge in [-0.05, 0) is 31.4 Å². The molecule has 0 saturated carbocycles. The van der Waals surface area contributed by atoms with Crippen molar-refractivity contribution in [2.45, 2.75) is 39.5 Å². The Kier molecular flexibility index (Phi) is 6.03. The lowest BCUT2D eigenvalue weighted by Crippen LogP contribution is -1.94. The smallest absolute Gasteiger partial charge is 0.161 e. The van der Waals surface area contributed by atoms with Crippen LogP contribution < -0.4 is 4.74 Å². The van der Waals surface area contributed by atoms with Crippen LogP contribution in [0.2, 0.25) is 0 Å². The van der Waals surface area contributed by atoms with Gasteiger partial charge in [-0.15, -0.1) is 11.8 Å². The molecular formula is C15H20O2. The van der Waals surface area contributed by atoms with E-state index in [0.717, 1.165) is 31.2 Å². The fourth-order valence-corrected chi connectivity index (χ4v) is 1.54. The van der Waals surface area contributed by atoms with Gasteiger partial charge in [-0.2, -0.15) is 0 Å². The first-order valence-corrected chi connectivity index (χ1v) is 6.19. The lowest BCUT2D eigenvalue weighted by Gasteiger charge is -2.08. The fraction of sp³-hybridized carbons (Fsp3) is 0.467. The molecule has 0 heterocycles. The van der Waals surface area contributed by atoms with Crippen molar-refractivity contribution in [1.29, 1.82) is 0 Å². The molecule has 2 nitrogen and oxygen atoms in total. The van der Waals surface area contributed by atoms with Gasteiger partial charge < -0.3 is 9.84 Å². The van der Waals surface area contributed by atoms with Crippen LogP contribution in [0.25, 0.3) is 0 Å². The van der Waals surface area contributed by atoms with Crippen LogP contribution in [0, 0.1) is 11.8 Å². The van der Waals surface area contributed by atoms with Gasteiger partial charge in [-0.3, -0.25) is 0 Å². The zero-order valence-corrected chi connectivity index (χ0v) is 10.6. The summed E-state index contributed by atoms with van der Waals surface area (Å²) in [4.78, 5) is 0. The second-order valence-corrected chi connectivity index (χ2v) is 3.80. The number of benzene rings is 1. The summed E-state index contributed by atoms with van der Waals surface area (Å²) in [6.07, 6.45) is 3.59. The number of phenolic OH excluding ortho intramolecular Hbond substituents is 1. The Morgan fingerprint density at radius 2 is 1.94 bits per heavy atom. The van der Waals surface area contributed by atoms with Crippen molar-refractivity contribution in [3.8, 4) is 23.3 Å². The Labute approximate surface area is 104 Å². The maximum absolute atomic E-state index is 9.95. The minimum Gasteiger partial charge on any atom is -0.504 e. The quantitative estimate of drug-likeness (QED) is 0.787. The summed E-state index contributed by atoms with van der Waals surface area (Å²) < 4.78 is 5.34. The van der Waals surface area contributed by atoms with E-state index in [1.165, 1.54) is 0 Å². The molecule has 2 heteroatoms. The predicted molar refractivity (Wildman–Crippen MR) is 70.3 cm³/mol. The molecule has 1 aromatic rings. The van der Waals surface area contributed by atoms with Gasteiger partial charge in [-0.25, -0.2) is 0 Å². The van der Waals surface area contributed by atoms with Gasteiger partial charge in [0.05, 0.1) is 6.61 Å². The number of aryl methyl sites for hydroxylation is 1. The highest BCUT2D eigenvalue weighted by atomic mass is 16.5. The largest absolute Gasteiger partial charge is 0.504 e. The van der Waals surface area contributed by atoms with E-state index in [0.29, 0.717) is 12.4 Å².